The molecule has 6 nitrogen and oxygen atoms in total. The number of anilines is 1. The molecule has 2 aromatic carbocycles. The van der Waals surface area contributed by atoms with E-state index in [4.69, 9.17) is 4.74 Å². The molecule has 27 heavy (non-hydrogen) atoms. The van der Waals surface area contributed by atoms with Crippen LogP contribution in [-0.4, -0.2) is 27.2 Å². The molecule has 1 aromatic heterocycles. The molecular weight excluding hydrogens is 383 g/mol. The molecule has 1 amide bonds. The number of alkyl halides is 3. The number of amides is 1. The molecule has 0 spiro atoms. The Morgan fingerprint density at radius 3 is 2.67 bits per heavy atom. The molecule has 3 rings (SSSR count). The SMILES string of the molecule is O=C(COC(=O)Cc1cccc(C(F)(F)F)c1)Nc1cccc2nsnc12. The van der Waals surface area contributed by atoms with Crippen molar-refractivity contribution < 1.29 is 27.5 Å². The molecule has 1 heterocycles. The zero-order valence-corrected chi connectivity index (χ0v) is 14.4. The van der Waals surface area contributed by atoms with Crippen LogP contribution in [-0.2, 0) is 26.9 Å². The maximum Gasteiger partial charge on any atom is 0.416 e. The van der Waals surface area contributed by atoms with Crippen LogP contribution in [0.1, 0.15) is 11.1 Å². The van der Waals surface area contributed by atoms with Gasteiger partial charge in [0, 0.05) is 0 Å². The number of nitrogens with zero attached hydrogens (tertiary/aromatic N) is 2. The number of fused-ring (bicyclic) bond motifs is 1. The molecule has 0 saturated heterocycles. The van der Waals surface area contributed by atoms with Gasteiger partial charge < -0.3 is 10.1 Å². The van der Waals surface area contributed by atoms with Crippen molar-refractivity contribution in [1.82, 2.24) is 8.75 Å². The molecule has 0 aliphatic rings. The highest BCUT2D eigenvalue weighted by atomic mass is 32.1. The monoisotopic (exact) mass is 395 g/mol. The molecule has 10 heteroatoms. The number of hydrogen-bond acceptors (Lipinski definition) is 6. The second-order valence-electron chi connectivity index (χ2n) is 5.52. The number of rotatable bonds is 5. The van der Waals surface area contributed by atoms with Crippen molar-refractivity contribution in [1.29, 1.82) is 0 Å². The van der Waals surface area contributed by atoms with Crippen LogP contribution in [0.4, 0.5) is 18.9 Å². The summed E-state index contributed by atoms with van der Waals surface area (Å²) in [6, 6.07) is 9.44. The van der Waals surface area contributed by atoms with Crippen molar-refractivity contribution in [3.05, 3.63) is 53.6 Å². The normalized spacial score (nSPS) is 11.4. The van der Waals surface area contributed by atoms with E-state index in [2.05, 4.69) is 14.1 Å². The third-order valence-electron chi connectivity index (χ3n) is 3.53. The van der Waals surface area contributed by atoms with Gasteiger partial charge in [-0.2, -0.15) is 21.9 Å². The Bertz CT molecular complexity index is 988. The maximum atomic E-state index is 12.7. The van der Waals surface area contributed by atoms with E-state index in [9.17, 15) is 22.8 Å². The van der Waals surface area contributed by atoms with Crippen molar-refractivity contribution in [3.63, 3.8) is 0 Å². The smallest absolute Gasteiger partial charge is 0.416 e. The highest BCUT2D eigenvalue weighted by Gasteiger charge is 2.30. The van der Waals surface area contributed by atoms with Gasteiger partial charge in [0.05, 0.1) is 29.4 Å². The van der Waals surface area contributed by atoms with Crippen molar-refractivity contribution in [2.45, 2.75) is 12.6 Å². The highest BCUT2D eigenvalue weighted by Crippen LogP contribution is 2.29. The molecular formula is C17H12F3N3O3S. The number of hydrogen-bond donors (Lipinski definition) is 1. The first-order chi connectivity index (χ1) is 12.8. The third kappa shape index (κ3) is 4.79. The first kappa shape index (κ1) is 18.8. The molecule has 0 bridgehead atoms. The Morgan fingerprint density at radius 1 is 1.11 bits per heavy atom. The molecule has 0 saturated carbocycles. The summed E-state index contributed by atoms with van der Waals surface area (Å²) in [5, 5.41) is 2.56. The van der Waals surface area contributed by atoms with Gasteiger partial charge in [-0.15, -0.1) is 0 Å². The molecule has 0 atom stereocenters. The Hall–Kier alpha value is -3.01. The lowest BCUT2D eigenvalue weighted by Crippen LogP contribution is -2.21. The topological polar surface area (TPSA) is 81.2 Å². The molecule has 140 valence electrons. The van der Waals surface area contributed by atoms with E-state index in [0.717, 1.165) is 23.9 Å². The fourth-order valence-electron chi connectivity index (χ4n) is 2.31. The molecule has 0 aliphatic carbocycles. The van der Waals surface area contributed by atoms with Crippen LogP contribution in [0.2, 0.25) is 0 Å². The second-order valence-corrected chi connectivity index (χ2v) is 6.05. The Labute approximate surface area is 155 Å². The number of halogens is 3. The molecule has 0 radical (unpaired) electrons. The zero-order valence-electron chi connectivity index (χ0n) is 13.6. The second kappa shape index (κ2) is 7.70. The predicted octanol–water partition coefficient (Wildman–Crippen LogP) is 3.43. The van der Waals surface area contributed by atoms with E-state index in [0.29, 0.717) is 16.7 Å². The van der Waals surface area contributed by atoms with Crippen LogP contribution in [0.15, 0.2) is 42.5 Å². The first-order valence-electron chi connectivity index (χ1n) is 7.66. The van der Waals surface area contributed by atoms with Gasteiger partial charge in [0.1, 0.15) is 11.0 Å². The fraction of sp³-hybridized carbons (Fsp3) is 0.176. The van der Waals surface area contributed by atoms with Gasteiger partial charge in [-0.1, -0.05) is 24.3 Å². The summed E-state index contributed by atoms with van der Waals surface area (Å²) in [7, 11) is 0. The van der Waals surface area contributed by atoms with E-state index < -0.39 is 30.2 Å². The van der Waals surface area contributed by atoms with Crippen molar-refractivity contribution in [2.75, 3.05) is 11.9 Å². The minimum absolute atomic E-state index is 0.147. The quantitative estimate of drug-likeness (QED) is 0.670. The van der Waals surface area contributed by atoms with E-state index in [1.54, 1.807) is 18.2 Å². The Morgan fingerprint density at radius 2 is 1.89 bits per heavy atom. The number of benzene rings is 2. The minimum Gasteiger partial charge on any atom is -0.455 e. The van der Waals surface area contributed by atoms with Crippen LogP contribution in [0.5, 0.6) is 0 Å². The zero-order chi connectivity index (χ0) is 19.4. The molecule has 1 N–H and O–H groups in total. The standard InChI is InChI=1S/C17H12F3N3O3S/c18-17(19,20)11-4-1-3-10(7-11)8-15(25)26-9-14(24)21-12-5-2-6-13-16(12)23-27-22-13/h1-7H,8-9H2,(H,21,24). The van der Waals surface area contributed by atoms with Gasteiger partial charge in [0.25, 0.3) is 5.91 Å². The minimum atomic E-state index is -4.49. The lowest BCUT2D eigenvalue weighted by atomic mass is 10.1. The van der Waals surface area contributed by atoms with Crippen molar-refractivity contribution in [3.8, 4) is 0 Å². The summed E-state index contributed by atoms with van der Waals surface area (Å²) < 4.78 is 51.0. The third-order valence-corrected chi connectivity index (χ3v) is 4.07. The lowest BCUT2D eigenvalue weighted by Gasteiger charge is -2.09. The van der Waals surface area contributed by atoms with Crippen LogP contribution in [0.25, 0.3) is 11.0 Å². The van der Waals surface area contributed by atoms with Crippen molar-refractivity contribution >= 4 is 40.3 Å². The Kier molecular flexibility index (Phi) is 5.36. The largest absolute Gasteiger partial charge is 0.455 e. The molecule has 0 unspecified atom stereocenters. The number of carbonyl (C=O) groups is 2. The summed E-state index contributed by atoms with van der Waals surface area (Å²) in [4.78, 5) is 23.7. The maximum absolute atomic E-state index is 12.7. The summed E-state index contributed by atoms with van der Waals surface area (Å²) in [5.41, 5.74) is 0.870. The number of carbonyl (C=O) groups excluding carboxylic acids is 2. The molecule has 0 aliphatic heterocycles. The summed E-state index contributed by atoms with van der Waals surface area (Å²) in [6.45, 7) is -0.564. The van der Waals surface area contributed by atoms with Crippen LogP contribution < -0.4 is 5.32 Å². The average molecular weight is 395 g/mol. The van der Waals surface area contributed by atoms with Gasteiger partial charge in [-0.05, 0) is 23.8 Å². The van der Waals surface area contributed by atoms with E-state index in [1.807, 2.05) is 0 Å². The van der Waals surface area contributed by atoms with E-state index in [1.165, 1.54) is 12.1 Å². The van der Waals surface area contributed by atoms with Crippen molar-refractivity contribution in [2.24, 2.45) is 0 Å². The number of nitrogens with one attached hydrogen (secondary N) is 1. The molecule has 0 fully saturated rings. The summed E-state index contributed by atoms with van der Waals surface area (Å²) in [5.74, 6) is -1.40. The van der Waals surface area contributed by atoms with Gasteiger partial charge in [-0.3, -0.25) is 9.59 Å². The fourth-order valence-corrected chi connectivity index (χ4v) is 2.86. The average Bonchev–Trinajstić information content (AvgIpc) is 3.09. The van der Waals surface area contributed by atoms with Gasteiger partial charge in [0.2, 0.25) is 0 Å². The van der Waals surface area contributed by atoms with Gasteiger partial charge in [-0.25, -0.2) is 0 Å². The van der Waals surface area contributed by atoms with E-state index in [-0.39, 0.29) is 12.0 Å². The van der Waals surface area contributed by atoms with Gasteiger partial charge in [0.15, 0.2) is 6.61 Å². The van der Waals surface area contributed by atoms with Crippen LogP contribution in [0, 0.1) is 0 Å². The Balaban J connectivity index is 1.55. The first-order valence-corrected chi connectivity index (χ1v) is 8.39. The van der Waals surface area contributed by atoms with Crippen LogP contribution in [0.3, 0.4) is 0 Å². The van der Waals surface area contributed by atoms with Gasteiger partial charge >= 0.3 is 12.1 Å². The summed E-state index contributed by atoms with van der Waals surface area (Å²) >= 11 is 1.000. The lowest BCUT2D eigenvalue weighted by molar-refractivity contribution is -0.146. The highest BCUT2D eigenvalue weighted by molar-refractivity contribution is 7.00. The summed E-state index contributed by atoms with van der Waals surface area (Å²) in [6.07, 6.45) is -4.87. The number of esters is 1. The predicted molar refractivity (Wildman–Crippen MR) is 92.2 cm³/mol. The number of aromatic nitrogens is 2. The van der Waals surface area contributed by atoms with E-state index >= 15 is 0 Å². The molecule has 3 aromatic rings. The number of ether oxygens (including phenoxy) is 1. The van der Waals surface area contributed by atoms with Crippen LogP contribution >= 0.6 is 11.7 Å².